The minimum absolute atomic E-state index is 0.107. The molecule has 0 aromatic rings. The first-order chi connectivity index (χ1) is 8.86. The van der Waals surface area contributed by atoms with Crippen LogP contribution in [0.2, 0.25) is 0 Å². The number of ether oxygens (including phenoxy) is 1. The second-order valence-electron chi connectivity index (χ2n) is 5.06. The molecule has 1 aliphatic rings. The molecule has 6 nitrogen and oxygen atoms in total. The molecule has 19 heavy (non-hydrogen) atoms. The van der Waals surface area contributed by atoms with Crippen molar-refractivity contribution in [3.63, 3.8) is 0 Å². The SMILES string of the molecule is CSC(C)CCNC(=O)N1CC(C)(OCC(=O)O)C1. The maximum absolute atomic E-state index is 11.8. The van der Waals surface area contributed by atoms with Crippen LogP contribution in [0.15, 0.2) is 0 Å². The molecule has 0 aromatic heterocycles. The zero-order valence-electron chi connectivity index (χ0n) is 11.6. The van der Waals surface area contributed by atoms with Crippen LogP contribution in [0.25, 0.3) is 0 Å². The monoisotopic (exact) mass is 290 g/mol. The standard InChI is InChI=1S/C12H22N2O4S/c1-9(19-3)4-5-13-11(17)14-7-12(2,8-14)18-6-10(15)16/h9H,4-8H2,1-3H3,(H,13,17)(H,15,16). The molecule has 110 valence electrons. The largest absolute Gasteiger partial charge is 0.480 e. The van der Waals surface area contributed by atoms with E-state index in [4.69, 9.17) is 9.84 Å². The van der Waals surface area contributed by atoms with E-state index in [-0.39, 0.29) is 12.6 Å². The minimum Gasteiger partial charge on any atom is -0.480 e. The Kier molecular flexibility index (Phi) is 5.93. The van der Waals surface area contributed by atoms with Gasteiger partial charge in [-0.25, -0.2) is 9.59 Å². The van der Waals surface area contributed by atoms with Gasteiger partial charge in [-0.2, -0.15) is 11.8 Å². The predicted molar refractivity (Wildman–Crippen MR) is 74.6 cm³/mol. The summed E-state index contributed by atoms with van der Waals surface area (Å²) in [6.07, 6.45) is 2.99. The number of hydrogen-bond donors (Lipinski definition) is 2. The van der Waals surface area contributed by atoms with E-state index >= 15 is 0 Å². The van der Waals surface area contributed by atoms with Gasteiger partial charge in [0.25, 0.3) is 0 Å². The van der Waals surface area contributed by atoms with Crippen LogP contribution in [0.1, 0.15) is 20.3 Å². The Balaban J connectivity index is 2.18. The summed E-state index contributed by atoms with van der Waals surface area (Å²) in [7, 11) is 0. The molecule has 1 aliphatic heterocycles. The molecule has 1 heterocycles. The molecule has 0 aromatic carbocycles. The van der Waals surface area contributed by atoms with E-state index in [1.807, 2.05) is 13.2 Å². The van der Waals surface area contributed by atoms with E-state index in [0.717, 1.165) is 6.42 Å². The normalized spacial score (nSPS) is 18.6. The maximum Gasteiger partial charge on any atom is 0.329 e. The Hall–Kier alpha value is -0.950. The Bertz CT molecular complexity index is 332. The number of nitrogens with zero attached hydrogens (tertiary/aromatic N) is 1. The fourth-order valence-corrected chi connectivity index (χ4v) is 2.20. The number of carboxylic acid groups (broad SMARTS) is 1. The van der Waals surface area contributed by atoms with Gasteiger partial charge in [-0.15, -0.1) is 0 Å². The highest BCUT2D eigenvalue weighted by Gasteiger charge is 2.42. The van der Waals surface area contributed by atoms with Crippen molar-refractivity contribution in [2.24, 2.45) is 0 Å². The molecule has 0 saturated carbocycles. The summed E-state index contributed by atoms with van der Waals surface area (Å²) in [5.74, 6) is -0.991. The number of carbonyl (C=O) groups is 2. The topological polar surface area (TPSA) is 78.9 Å². The fourth-order valence-electron chi connectivity index (χ4n) is 1.84. The highest BCUT2D eigenvalue weighted by atomic mass is 32.2. The third-order valence-electron chi connectivity index (χ3n) is 3.11. The van der Waals surface area contributed by atoms with Crippen LogP contribution in [0.4, 0.5) is 4.79 Å². The van der Waals surface area contributed by atoms with Crippen molar-refractivity contribution in [1.29, 1.82) is 0 Å². The number of nitrogens with one attached hydrogen (secondary N) is 1. The van der Waals surface area contributed by atoms with Crippen LogP contribution in [0, 0.1) is 0 Å². The molecule has 0 bridgehead atoms. The van der Waals surface area contributed by atoms with E-state index in [2.05, 4.69) is 12.2 Å². The molecule has 1 saturated heterocycles. The van der Waals surface area contributed by atoms with Crippen molar-refractivity contribution >= 4 is 23.8 Å². The fraction of sp³-hybridized carbons (Fsp3) is 0.833. The Morgan fingerprint density at radius 3 is 2.68 bits per heavy atom. The zero-order chi connectivity index (χ0) is 14.5. The average molecular weight is 290 g/mol. The van der Waals surface area contributed by atoms with Crippen LogP contribution >= 0.6 is 11.8 Å². The quantitative estimate of drug-likeness (QED) is 0.731. The predicted octanol–water partition coefficient (Wildman–Crippen LogP) is 1.01. The molecule has 7 heteroatoms. The van der Waals surface area contributed by atoms with E-state index in [0.29, 0.717) is 24.9 Å². The molecule has 1 unspecified atom stereocenters. The van der Waals surface area contributed by atoms with Gasteiger partial charge in [0.2, 0.25) is 0 Å². The van der Waals surface area contributed by atoms with Crippen molar-refractivity contribution in [3.05, 3.63) is 0 Å². The number of aliphatic carboxylic acids is 1. The molecule has 0 spiro atoms. The molecule has 0 aliphatic carbocycles. The Labute approximate surface area is 117 Å². The lowest BCUT2D eigenvalue weighted by molar-refractivity contribution is -0.159. The van der Waals surface area contributed by atoms with E-state index in [1.54, 1.807) is 16.7 Å². The first kappa shape index (κ1) is 16.1. The van der Waals surface area contributed by atoms with Crippen molar-refractivity contribution in [1.82, 2.24) is 10.2 Å². The van der Waals surface area contributed by atoms with Crippen molar-refractivity contribution in [2.45, 2.75) is 31.1 Å². The van der Waals surface area contributed by atoms with Gasteiger partial charge in [-0.1, -0.05) is 6.92 Å². The van der Waals surface area contributed by atoms with Gasteiger partial charge in [0, 0.05) is 11.8 Å². The second-order valence-corrected chi connectivity index (χ2v) is 6.33. The number of rotatable bonds is 7. The van der Waals surface area contributed by atoms with Gasteiger partial charge in [0.1, 0.15) is 12.2 Å². The minimum atomic E-state index is -0.991. The Morgan fingerprint density at radius 2 is 2.16 bits per heavy atom. The molecule has 1 rings (SSSR count). The molecule has 2 amide bonds. The number of amides is 2. The summed E-state index contributed by atoms with van der Waals surface area (Å²) in [6, 6.07) is -0.107. The van der Waals surface area contributed by atoms with Crippen molar-refractivity contribution < 1.29 is 19.4 Å². The van der Waals surface area contributed by atoms with Gasteiger partial charge in [0.15, 0.2) is 0 Å². The third-order valence-corrected chi connectivity index (χ3v) is 4.15. The van der Waals surface area contributed by atoms with Crippen molar-refractivity contribution in [3.8, 4) is 0 Å². The molecule has 0 radical (unpaired) electrons. The lowest BCUT2D eigenvalue weighted by atomic mass is 9.97. The van der Waals surface area contributed by atoms with E-state index in [9.17, 15) is 9.59 Å². The summed E-state index contributed by atoms with van der Waals surface area (Å²) in [6.45, 7) is 5.14. The van der Waals surface area contributed by atoms with Gasteiger partial charge < -0.3 is 20.1 Å². The summed E-state index contributed by atoms with van der Waals surface area (Å²) in [5, 5.41) is 11.9. The van der Waals surface area contributed by atoms with Gasteiger partial charge in [-0.3, -0.25) is 0 Å². The number of likely N-dealkylation sites (tertiary alicyclic amines) is 1. The highest BCUT2D eigenvalue weighted by molar-refractivity contribution is 7.99. The number of urea groups is 1. The summed E-state index contributed by atoms with van der Waals surface area (Å²) in [4.78, 5) is 23.8. The number of thioether (sulfide) groups is 1. The smallest absolute Gasteiger partial charge is 0.329 e. The van der Waals surface area contributed by atoms with Crippen LogP contribution in [-0.2, 0) is 9.53 Å². The first-order valence-electron chi connectivity index (χ1n) is 6.27. The first-order valence-corrected chi connectivity index (χ1v) is 7.56. The average Bonchev–Trinajstić information content (AvgIpc) is 2.32. The van der Waals surface area contributed by atoms with Crippen molar-refractivity contribution in [2.75, 3.05) is 32.5 Å². The Morgan fingerprint density at radius 1 is 1.53 bits per heavy atom. The molecule has 1 fully saturated rings. The maximum atomic E-state index is 11.8. The number of hydrogen-bond acceptors (Lipinski definition) is 4. The van der Waals surface area contributed by atoms with Gasteiger partial charge in [0.05, 0.1) is 13.1 Å². The molecule has 1 atom stereocenters. The van der Waals surface area contributed by atoms with Crippen LogP contribution < -0.4 is 5.32 Å². The molecular weight excluding hydrogens is 268 g/mol. The van der Waals surface area contributed by atoms with Crippen LogP contribution in [-0.4, -0.2) is 65.4 Å². The second kappa shape index (κ2) is 7.00. The molecular formula is C12H22N2O4S. The van der Waals surface area contributed by atoms with Gasteiger partial charge >= 0.3 is 12.0 Å². The zero-order valence-corrected chi connectivity index (χ0v) is 12.5. The van der Waals surface area contributed by atoms with E-state index < -0.39 is 11.6 Å². The summed E-state index contributed by atoms with van der Waals surface area (Å²) >= 11 is 1.77. The summed E-state index contributed by atoms with van der Waals surface area (Å²) < 4.78 is 5.24. The number of carbonyl (C=O) groups excluding carboxylic acids is 1. The molecule has 2 N–H and O–H groups in total. The van der Waals surface area contributed by atoms with Crippen LogP contribution in [0.3, 0.4) is 0 Å². The lowest BCUT2D eigenvalue weighted by Crippen LogP contribution is -2.65. The highest BCUT2D eigenvalue weighted by Crippen LogP contribution is 2.24. The third kappa shape index (κ3) is 5.28. The van der Waals surface area contributed by atoms with E-state index in [1.165, 1.54) is 0 Å². The van der Waals surface area contributed by atoms with Crippen LogP contribution in [0.5, 0.6) is 0 Å². The lowest BCUT2D eigenvalue weighted by Gasteiger charge is -2.47. The number of carboxylic acids is 1. The van der Waals surface area contributed by atoms with Gasteiger partial charge in [-0.05, 0) is 19.6 Å². The summed E-state index contributed by atoms with van der Waals surface area (Å²) in [5.41, 5.74) is -0.526.